The van der Waals surface area contributed by atoms with Gasteiger partial charge in [-0.05, 0) is 24.0 Å². The maximum Gasteiger partial charge on any atom is 0.491 e. The molecule has 3 rings (SSSR count). The Bertz CT molecular complexity index is 1340. The first-order chi connectivity index (χ1) is 20.7. The Morgan fingerprint density at radius 3 is 1.98 bits per heavy atom. The Labute approximate surface area is 255 Å². The van der Waals surface area contributed by atoms with Crippen LogP contribution in [0.15, 0.2) is 54.6 Å². The van der Waals surface area contributed by atoms with E-state index in [1.807, 2.05) is 30.3 Å². The fourth-order valence-corrected chi connectivity index (χ4v) is 4.49. The molecule has 16 heteroatoms. The Hall–Kier alpha value is -4.47. The number of ether oxygens (including phenoxy) is 1. The van der Waals surface area contributed by atoms with Crippen molar-refractivity contribution in [3.05, 3.63) is 71.3 Å². The van der Waals surface area contributed by atoms with Gasteiger partial charge in [0.1, 0.15) is 11.9 Å². The normalized spacial score (nSPS) is 18.3. The molecule has 1 aliphatic rings. The molecule has 0 aliphatic carbocycles. The van der Waals surface area contributed by atoms with E-state index in [0.717, 1.165) is 24.9 Å². The van der Waals surface area contributed by atoms with Crippen LogP contribution >= 0.6 is 0 Å². The minimum atomic E-state index is -5.62. The molecule has 246 valence electrons. The van der Waals surface area contributed by atoms with Crippen LogP contribution in [0.1, 0.15) is 42.4 Å². The van der Waals surface area contributed by atoms with Gasteiger partial charge in [-0.3, -0.25) is 15.0 Å². The van der Waals surface area contributed by atoms with E-state index in [-0.39, 0.29) is 23.7 Å². The van der Waals surface area contributed by atoms with Crippen molar-refractivity contribution in [3.8, 4) is 0 Å². The molecule has 1 heterocycles. The largest absolute Gasteiger partial charge is 0.491 e. The van der Waals surface area contributed by atoms with Gasteiger partial charge < -0.3 is 25.6 Å². The number of nitrogens with one attached hydrogen (secondary N) is 3. The number of piperidine rings is 1. The summed E-state index contributed by atoms with van der Waals surface area (Å²) in [7, 11) is 4.17. The maximum absolute atomic E-state index is 13.1. The molecule has 45 heavy (non-hydrogen) atoms. The second-order valence-corrected chi connectivity index (χ2v) is 10.9. The van der Waals surface area contributed by atoms with E-state index in [0.29, 0.717) is 22.5 Å². The first-order valence-electron chi connectivity index (χ1n) is 13.5. The molecule has 0 bridgehead atoms. The van der Waals surface area contributed by atoms with Crippen LogP contribution in [0, 0.1) is 5.41 Å². The molecule has 1 aliphatic heterocycles. The number of likely N-dealkylation sites (N-methyl/N-ethyl adjacent to an activating group) is 1. The van der Waals surface area contributed by atoms with Gasteiger partial charge in [0.05, 0.1) is 20.6 Å². The number of quaternary nitrogens is 1. The van der Waals surface area contributed by atoms with E-state index in [2.05, 4.69) is 41.6 Å². The molecular formula is C29H34F6N5O5+. The number of likely N-dealkylation sites (tertiary alicyclic amines) is 1. The number of amidine groups is 1. The molecule has 5 N–H and O–H groups in total. The number of alkyl halides is 6. The van der Waals surface area contributed by atoms with E-state index in [1.165, 1.54) is 5.56 Å². The molecule has 1 saturated heterocycles. The zero-order chi connectivity index (χ0) is 34.2. The van der Waals surface area contributed by atoms with Gasteiger partial charge in [-0.15, -0.1) is 0 Å². The lowest BCUT2D eigenvalue weighted by Gasteiger charge is -2.43. The standard InChI is InChI=1S/C25H33N5O2.C4F6O3/c1-17(24(31)28-16-18-9-11-20(12-10-18)23(26)27)29-25(32)22-15-21(13-14-30(22,2)3)19-7-5-4-6-8-19;5-3(6,7)1(11)13-2(12)4(8,9)10/h4-12,17,21-22H,13-16H2,1-3H3,(H4-,26,27,28,29,31,32);/p+1/t17-,21-,22+;/m0./s1. The monoisotopic (exact) mass is 646 g/mol. The number of esters is 2. The van der Waals surface area contributed by atoms with Crippen molar-refractivity contribution in [2.24, 2.45) is 5.73 Å². The number of nitrogen functional groups attached to an aromatic ring is 1. The first kappa shape index (κ1) is 36.7. The van der Waals surface area contributed by atoms with Gasteiger partial charge >= 0.3 is 24.3 Å². The van der Waals surface area contributed by atoms with Crippen LogP contribution in [0.2, 0.25) is 0 Å². The fourth-order valence-electron chi connectivity index (χ4n) is 4.49. The Kier molecular flexibility index (Phi) is 12.2. The van der Waals surface area contributed by atoms with Gasteiger partial charge in [0.25, 0.3) is 5.91 Å². The van der Waals surface area contributed by atoms with Crippen LogP contribution in [0.3, 0.4) is 0 Å². The topological polar surface area (TPSA) is 151 Å². The number of amides is 2. The smallest absolute Gasteiger partial charge is 0.384 e. The molecule has 2 aromatic carbocycles. The van der Waals surface area contributed by atoms with E-state index >= 15 is 0 Å². The Morgan fingerprint density at radius 1 is 0.956 bits per heavy atom. The average Bonchev–Trinajstić information content (AvgIpc) is 2.95. The molecule has 0 unspecified atom stereocenters. The second-order valence-electron chi connectivity index (χ2n) is 10.9. The summed E-state index contributed by atoms with van der Waals surface area (Å²) in [5.74, 6) is -6.35. The zero-order valence-electron chi connectivity index (χ0n) is 24.6. The van der Waals surface area contributed by atoms with Gasteiger partial charge in [-0.1, -0.05) is 54.6 Å². The molecule has 0 saturated carbocycles. The average molecular weight is 647 g/mol. The van der Waals surface area contributed by atoms with Crippen LogP contribution in [-0.2, 0) is 30.5 Å². The lowest BCUT2D eigenvalue weighted by atomic mass is 9.84. The highest BCUT2D eigenvalue weighted by Crippen LogP contribution is 2.34. The number of benzene rings is 2. The highest BCUT2D eigenvalue weighted by Gasteiger charge is 2.49. The van der Waals surface area contributed by atoms with Gasteiger partial charge in [0.15, 0.2) is 6.04 Å². The second kappa shape index (κ2) is 15.0. The third-order valence-electron chi connectivity index (χ3n) is 7.11. The number of rotatable bonds is 7. The summed E-state index contributed by atoms with van der Waals surface area (Å²) in [6.07, 6.45) is -9.44. The molecular weight excluding hydrogens is 612 g/mol. The first-order valence-corrected chi connectivity index (χ1v) is 13.5. The van der Waals surface area contributed by atoms with Crippen molar-refractivity contribution in [3.63, 3.8) is 0 Å². The number of carbonyl (C=O) groups excluding carboxylic acids is 4. The minimum Gasteiger partial charge on any atom is -0.384 e. The van der Waals surface area contributed by atoms with Crippen molar-refractivity contribution in [2.45, 2.75) is 56.7 Å². The Morgan fingerprint density at radius 2 is 1.49 bits per heavy atom. The van der Waals surface area contributed by atoms with Gasteiger partial charge in [-0.2, -0.15) is 26.3 Å². The summed E-state index contributed by atoms with van der Waals surface area (Å²) in [6.45, 7) is 2.97. The van der Waals surface area contributed by atoms with E-state index in [4.69, 9.17) is 11.1 Å². The van der Waals surface area contributed by atoms with Crippen LogP contribution < -0.4 is 16.4 Å². The molecule has 0 spiro atoms. The highest BCUT2D eigenvalue weighted by atomic mass is 19.4. The molecule has 0 radical (unpaired) electrons. The number of carbonyl (C=O) groups is 4. The number of hydrogen-bond donors (Lipinski definition) is 4. The van der Waals surface area contributed by atoms with Gasteiger partial charge in [-0.25, -0.2) is 9.59 Å². The van der Waals surface area contributed by atoms with Crippen molar-refractivity contribution in [1.29, 1.82) is 5.41 Å². The summed E-state index contributed by atoms with van der Waals surface area (Å²) >= 11 is 0. The number of nitrogens with two attached hydrogens (primary N) is 1. The number of nitrogens with zero attached hydrogens (tertiary/aromatic N) is 1. The number of hydrogen-bond acceptors (Lipinski definition) is 6. The van der Waals surface area contributed by atoms with Crippen LogP contribution in [0.5, 0.6) is 0 Å². The van der Waals surface area contributed by atoms with E-state index in [9.17, 15) is 45.5 Å². The van der Waals surface area contributed by atoms with Crippen LogP contribution in [-0.4, -0.2) is 79.1 Å². The van der Waals surface area contributed by atoms with E-state index < -0.39 is 30.3 Å². The summed E-state index contributed by atoms with van der Waals surface area (Å²) < 4.78 is 70.3. The van der Waals surface area contributed by atoms with Crippen LogP contribution in [0.25, 0.3) is 0 Å². The molecule has 1 fully saturated rings. The quantitative estimate of drug-likeness (QED) is 0.0906. The molecule has 10 nitrogen and oxygen atoms in total. The summed E-state index contributed by atoms with van der Waals surface area (Å²) in [4.78, 5) is 45.0. The predicted octanol–water partition coefficient (Wildman–Crippen LogP) is 3.29. The van der Waals surface area contributed by atoms with E-state index in [1.54, 1.807) is 19.1 Å². The maximum atomic E-state index is 13.1. The minimum absolute atomic E-state index is 0.00969. The SMILES string of the molecule is C[C@H](NC(=O)[C@H]1C[C@@H](c2ccccc2)CC[N+]1(C)C)C(=O)NCc1ccc(C(=N)N)cc1.O=C(OC(=O)C(F)(F)F)C(F)(F)F. The van der Waals surface area contributed by atoms with Crippen molar-refractivity contribution >= 4 is 29.6 Å². The third kappa shape index (κ3) is 11.2. The van der Waals surface area contributed by atoms with Crippen molar-refractivity contribution in [2.75, 3.05) is 20.6 Å². The highest BCUT2D eigenvalue weighted by molar-refractivity contribution is 5.95. The molecule has 3 atom stereocenters. The zero-order valence-corrected chi connectivity index (χ0v) is 24.6. The fraction of sp³-hybridized carbons (Fsp3) is 0.414. The lowest BCUT2D eigenvalue weighted by molar-refractivity contribution is -0.911. The molecule has 2 amide bonds. The summed E-state index contributed by atoms with van der Waals surface area (Å²) in [6, 6.07) is 16.7. The lowest BCUT2D eigenvalue weighted by Crippen LogP contribution is -2.61. The predicted molar refractivity (Wildman–Crippen MR) is 149 cm³/mol. The van der Waals surface area contributed by atoms with Crippen molar-refractivity contribution < 1.29 is 54.7 Å². The third-order valence-corrected chi connectivity index (χ3v) is 7.11. The number of halogens is 6. The Balaban J connectivity index is 0.000000459. The molecule has 2 aromatic rings. The molecule has 0 aromatic heterocycles. The summed E-state index contributed by atoms with van der Waals surface area (Å²) in [5.41, 5.74) is 8.28. The summed E-state index contributed by atoms with van der Waals surface area (Å²) in [5, 5.41) is 13.2. The van der Waals surface area contributed by atoms with Crippen LogP contribution in [0.4, 0.5) is 26.3 Å². The van der Waals surface area contributed by atoms with Gasteiger partial charge in [0.2, 0.25) is 5.91 Å². The van der Waals surface area contributed by atoms with Crippen molar-refractivity contribution in [1.82, 2.24) is 10.6 Å². The van der Waals surface area contributed by atoms with Gasteiger partial charge in [0, 0.05) is 24.9 Å².